The molecule has 0 fully saturated rings. The molecule has 0 aromatic carbocycles. The molecule has 1 aromatic heterocycles. The third-order valence-corrected chi connectivity index (χ3v) is 2.90. The van der Waals surface area contributed by atoms with Gasteiger partial charge in [-0.2, -0.15) is 0 Å². The van der Waals surface area contributed by atoms with Crippen LogP contribution >= 0.6 is 0 Å². The average molecular weight is 252 g/mol. The molecule has 0 saturated heterocycles. The lowest BCUT2D eigenvalue weighted by molar-refractivity contribution is 0.199. The van der Waals surface area contributed by atoms with Crippen molar-refractivity contribution < 1.29 is 4.74 Å². The van der Waals surface area contributed by atoms with Gasteiger partial charge in [-0.3, -0.25) is 4.79 Å². The summed E-state index contributed by atoms with van der Waals surface area (Å²) in [5.74, 6) is 0. The molecule has 0 unspecified atom stereocenters. The van der Waals surface area contributed by atoms with Crippen LogP contribution < -0.4 is 10.9 Å². The molecule has 1 aromatic rings. The largest absolute Gasteiger partial charge is 0.383 e. The van der Waals surface area contributed by atoms with Gasteiger partial charge in [0, 0.05) is 38.5 Å². The molecule has 0 bridgehead atoms. The number of hydrogen-bond acceptors (Lipinski definition) is 3. The van der Waals surface area contributed by atoms with E-state index in [2.05, 4.69) is 12.2 Å². The second-order valence-corrected chi connectivity index (χ2v) is 4.41. The Morgan fingerprint density at radius 3 is 2.94 bits per heavy atom. The molecule has 0 spiro atoms. The molecule has 4 heteroatoms. The van der Waals surface area contributed by atoms with Gasteiger partial charge >= 0.3 is 0 Å². The Labute approximate surface area is 109 Å². The van der Waals surface area contributed by atoms with Gasteiger partial charge in [0.2, 0.25) is 0 Å². The predicted octanol–water partition coefficient (Wildman–Crippen LogP) is 1.77. The number of nitrogens with one attached hydrogen (secondary N) is 1. The summed E-state index contributed by atoms with van der Waals surface area (Å²) in [7, 11) is 1.67. The molecule has 0 atom stereocenters. The molecule has 0 radical (unpaired) electrons. The summed E-state index contributed by atoms with van der Waals surface area (Å²) >= 11 is 0. The predicted molar refractivity (Wildman–Crippen MR) is 73.8 cm³/mol. The molecule has 1 heterocycles. The fourth-order valence-corrected chi connectivity index (χ4v) is 1.83. The fraction of sp³-hybridized carbons (Fsp3) is 0.643. The Hall–Kier alpha value is -1.13. The first-order chi connectivity index (χ1) is 8.79. The second-order valence-electron chi connectivity index (χ2n) is 4.41. The van der Waals surface area contributed by atoms with Gasteiger partial charge in [-0.1, -0.05) is 25.8 Å². The molecular weight excluding hydrogens is 228 g/mol. The minimum absolute atomic E-state index is 0.124. The Morgan fingerprint density at radius 2 is 2.22 bits per heavy atom. The highest BCUT2D eigenvalue weighted by Crippen LogP contribution is 1.98. The Morgan fingerprint density at radius 1 is 1.39 bits per heavy atom. The Kier molecular flexibility index (Phi) is 7.37. The summed E-state index contributed by atoms with van der Waals surface area (Å²) in [6, 6.07) is 3.83. The first-order valence-corrected chi connectivity index (χ1v) is 6.67. The summed E-state index contributed by atoms with van der Waals surface area (Å²) in [6.07, 6.45) is 5.28. The Bertz CT molecular complexity index is 388. The van der Waals surface area contributed by atoms with Crippen LogP contribution in [0.5, 0.6) is 0 Å². The quantitative estimate of drug-likeness (QED) is 0.681. The first kappa shape index (κ1) is 14.9. The minimum atomic E-state index is 0.124. The number of rotatable bonds is 9. The van der Waals surface area contributed by atoms with Gasteiger partial charge in [0.05, 0.1) is 6.61 Å². The van der Waals surface area contributed by atoms with E-state index in [4.69, 9.17) is 4.74 Å². The lowest BCUT2D eigenvalue weighted by Crippen LogP contribution is -2.28. The lowest BCUT2D eigenvalue weighted by atomic mass is 10.2. The zero-order valence-electron chi connectivity index (χ0n) is 11.4. The normalized spacial score (nSPS) is 10.8. The van der Waals surface area contributed by atoms with Crippen LogP contribution in [0, 0.1) is 0 Å². The highest BCUT2D eigenvalue weighted by atomic mass is 16.5. The van der Waals surface area contributed by atoms with E-state index in [0.717, 1.165) is 25.1 Å². The Balaban J connectivity index is 2.52. The molecule has 102 valence electrons. The van der Waals surface area contributed by atoms with E-state index in [-0.39, 0.29) is 5.56 Å². The molecule has 0 aliphatic heterocycles. The monoisotopic (exact) mass is 252 g/mol. The van der Waals surface area contributed by atoms with Crippen molar-refractivity contribution in [3.63, 3.8) is 0 Å². The summed E-state index contributed by atoms with van der Waals surface area (Å²) in [4.78, 5) is 12.1. The molecule has 0 saturated carbocycles. The maximum Gasteiger partial charge on any atom is 0.255 e. The van der Waals surface area contributed by atoms with Crippen LogP contribution in [0.25, 0.3) is 0 Å². The molecule has 1 rings (SSSR count). The van der Waals surface area contributed by atoms with Crippen molar-refractivity contribution in [1.29, 1.82) is 0 Å². The van der Waals surface area contributed by atoms with E-state index in [1.54, 1.807) is 7.11 Å². The van der Waals surface area contributed by atoms with Crippen LogP contribution in [0.15, 0.2) is 23.1 Å². The highest BCUT2D eigenvalue weighted by Gasteiger charge is 2.02. The topological polar surface area (TPSA) is 43.3 Å². The molecule has 18 heavy (non-hydrogen) atoms. The fourth-order valence-electron chi connectivity index (χ4n) is 1.83. The standard InChI is InChI=1S/C14H24N2O2/c1-3-4-5-9-16-10-6-7-13(14(16)17)12-15-8-11-18-2/h6-7,10,15H,3-5,8-9,11-12H2,1-2H3. The van der Waals surface area contributed by atoms with Gasteiger partial charge in [0.15, 0.2) is 0 Å². The number of unbranched alkanes of at least 4 members (excludes halogenated alkanes) is 2. The molecule has 0 aliphatic rings. The number of ether oxygens (including phenoxy) is 1. The van der Waals surface area contributed by atoms with Gasteiger partial charge in [0.1, 0.15) is 0 Å². The summed E-state index contributed by atoms with van der Waals surface area (Å²) < 4.78 is 6.76. The summed E-state index contributed by atoms with van der Waals surface area (Å²) in [6.45, 7) is 5.02. The van der Waals surface area contributed by atoms with E-state index in [1.807, 2.05) is 22.9 Å². The highest BCUT2D eigenvalue weighted by molar-refractivity contribution is 5.10. The number of aryl methyl sites for hydroxylation is 1. The van der Waals surface area contributed by atoms with Crippen molar-refractivity contribution in [3.8, 4) is 0 Å². The van der Waals surface area contributed by atoms with Crippen LogP contribution in [0.1, 0.15) is 31.7 Å². The van der Waals surface area contributed by atoms with Crippen molar-refractivity contribution >= 4 is 0 Å². The maximum atomic E-state index is 12.1. The van der Waals surface area contributed by atoms with Crippen molar-refractivity contribution in [3.05, 3.63) is 34.2 Å². The summed E-state index contributed by atoms with van der Waals surface area (Å²) in [5, 5.41) is 3.20. The molecular formula is C14H24N2O2. The van der Waals surface area contributed by atoms with Gasteiger partial charge in [-0.25, -0.2) is 0 Å². The van der Waals surface area contributed by atoms with Crippen LogP contribution in [0.4, 0.5) is 0 Å². The summed E-state index contributed by atoms with van der Waals surface area (Å²) in [5.41, 5.74) is 0.948. The van der Waals surface area contributed by atoms with Crippen LogP contribution in [0.2, 0.25) is 0 Å². The third-order valence-electron chi connectivity index (χ3n) is 2.90. The maximum absolute atomic E-state index is 12.1. The van der Waals surface area contributed by atoms with Gasteiger partial charge in [-0.05, 0) is 12.5 Å². The van der Waals surface area contributed by atoms with Crippen molar-refractivity contribution in [2.45, 2.75) is 39.3 Å². The van der Waals surface area contributed by atoms with Crippen LogP contribution in [-0.4, -0.2) is 24.8 Å². The smallest absolute Gasteiger partial charge is 0.255 e. The van der Waals surface area contributed by atoms with Gasteiger partial charge < -0.3 is 14.6 Å². The van der Waals surface area contributed by atoms with Crippen LogP contribution in [-0.2, 0) is 17.8 Å². The molecule has 4 nitrogen and oxygen atoms in total. The van der Waals surface area contributed by atoms with Crippen molar-refractivity contribution in [1.82, 2.24) is 9.88 Å². The molecule has 0 aliphatic carbocycles. The third kappa shape index (κ3) is 5.02. The van der Waals surface area contributed by atoms with Crippen molar-refractivity contribution in [2.24, 2.45) is 0 Å². The van der Waals surface area contributed by atoms with E-state index in [0.29, 0.717) is 13.2 Å². The molecule has 1 N–H and O–H groups in total. The SMILES string of the molecule is CCCCCn1cccc(CNCCOC)c1=O. The van der Waals surface area contributed by atoms with Crippen LogP contribution in [0.3, 0.4) is 0 Å². The van der Waals surface area contributed by atoms with E-state index < -0.39 is 0 Å². The van der Waals surface area contributed by atoms with Gasteiger partial charge in [0.25, 0.3) is 5.56 Å². The number of methoxy groups -OCH3 is 1. The number of hydrogen-bond donors (Lipinski definition) is 1. The first-order valence-electron chi connectivity index (χ1n) is 6.67. The van der Waals surface area contributed by atoms with E-state index in [9.17, 15) is 4.79 Å². The number of aromatic nitrogens is 1. The zero-order valence-corrected chi connectivity index (χ0v) is 11.4. The lowest BCUT2D eigenvalue weighted by Gasteiger charge is -2.08. The minimum Gasteiger partial charge on any atom is -0.383 e. The molecule has 0 amide bonds. The van der Waals surface area contributed by atoms with Gasteiger partial charge in [-0.15, -0.1) is 0 Å². The average Bonchev–Trinajstić information content (AvgIpc) is 2.38. The van der Waals surface area contributed by atoms with E-state index in [1.165, 1.54) is 12.8 Å². The zero-order chi connectivity index (χ0) is 13.2. The number of nitrogens with zero attached hydrogens (tertiary/aromatic N) is 1. The number of pyridine rings is 1. The van der Waals surface area contributed by atoms with E-state index >= 15 is 0 Å². The second kappa shape index (κ2) is 8.89. The van der Waals surface area contributed by atoms with Crippen molar-refractivity contribution in [2.75, 3.05) is 20.3 Å².